The molecule has 0 bridgehead atoms. The van der Waals surface area contributed by atoms with Crippen LogP contribution in [0.15, 0.2) is 48.7 Å². The molecule has 1 aliphatic heterocycles. The van der Waals surface area contributed by atoms with E-state index in [1.807, 2.05) is 18.2 Å². The molecule has 0 radical (unpaired) electrons. The molecule has 0 amide bonds. The average Bonchev–Trinajstić information content (AvgIpc) is 2.85. The van der Waals surface area contributed by atoms with Gasteiger partial charge in [-0.1, -0.05) is 12.6 Å². The highest BCUT2D eigenvalue weighted by Crippen LogP contribution is 2.37. The van der Waals surface area contributed by atoms with Gasteiger partial charge in [0.2, 0.25) is 0 Å². The van der Waals surface area contributed by atoms with E-state index in [0.29, 0.717) is 0 Å². The van der Waals surface area contributed by atoms with Gasteiger partial charge in [0.1, 0.15) is 11.5 Å². The summed E-state index contributed by atoms with van der Waals surface area (Å²) in [5.41, 5.74) is 5.66. The molecule has 0 fully saturated rings. The predicted molar refractivity (Wildman–Crippen MR) is 81.4 cm³/mol. The summed E-state index contributed by atoms with van der Waals surface area (Å²) in [6, 6.07) is 12.2. The zero-order chi connectivity index (χ0) is 14.1. The summed E-state index contributed by atoms with van der Waals surface area (Å²) in [4.78, 5) is 0. The summed E-state index contributed by atoms with van der Waals surface area (Å²) in [5, 5.41) is 3.28. The number of ether oxygens (including phenoxy) is 2. The fourth-order valence-corrected chi connectivity index (χ4v) is 2.53. The van der Waals surface area contributed by atoms with E-state index in [9.17, 15) is 0 Å². The number of fused-ring (bicyclic) bond motifs is 1. The Kier molecular flexibility index (Phi) is 3.11. The first-order valence-corrected chi connectivity index (χ1v) is 6.51. The lowest BCUT2D eigenvalue weighted by atomic mass is 10.0. The fourth-order valence-electron chi connectivity index (χ4n) is 2.53. The third-order valence-corrected chi connectivity index (χ3v) is 3.54. The minimum Gasteiger partial charge on any atom is -0.497 e. The van der Waals surface area contributed by atoms with Gasteiger partial charge in [-0.2, -0.15) is 0 Å². The molecule has 0 spiro atoms. The molecule has 20 heavy (non-hydrogen) atoms. The smallest absolute Gasteiger partial charge is 0.130 e. The Morgan fingerprint density at radius 3 is 2.65 bits per heavy atom. The monoisotopic (exact) mass is 267 g/mol. The topological polar surface area (TPSA) is 30.5 Å². The van der Waals surface area contributed by atoms with Gasteiger partial charge in [0.15, 0.2) is 0 Å². The molecule has 2 aromatic carbocycles. The van der Waals surface area contributed by atoms with Crippen molar-refractivity contribution >= 4 is 5.69 Å². The van der Waals surface area contributed by atoms with Crippen LogP contribution in [0.2, 0.25) is 0 Å². The molecule has 1 aliphatic rings. The van der Waals surface area contributed by atoms with Crippen LogP contribution in [0.25, 0.3) is 11.1 Å². The molecular formula is C17H17NO2. The summed E-state index contributed by atoms with van der Waals surface area (Å²) in [5.74, 6) is 1.61. The number of anilines is 1. The maximum Gasteiger partial charge on any atom is 0.130 e. The van der Waals surface area contributed by atoms with Gasteiger partial charge in [-0.25, -0.2) is 0 Å². The third-order valence-electron chi connectivity index (χ3n) is 3.54. The second-order valence-electron chi connectivity index (χ2n) is 4.84. The number of allylic oxidation sites excluding steroid dienone is 1. The highest BCUT2D eigenvalue weighted by Gasteiger charge is 2.15. The molecule has 0 saturated heterocycles. The van der Waals surface area contributed by atoms with Crippen LogP contribution in [0.3, 0.4) is 0 Å². The van der Waals surface area contributed by atoms with E-state index in [1.54, 1.807) is 14.2 Å². The van der Waals surface area contributed by atoms with Gasteiger partial charge >= 0.3 is 0 Å². The van der Waals surface area contributed by atoms with Crippen LogP contribution in [0.1, 0.15) is 5.56 Å². The number of rotatable bonds is 3. The zero-order valence-corrected chi connectivity index (χ0v) is 11.7. The SMILES string of the molecule is C=C1Cc2cc(-c3ccc(OC)cc3OC)ccc2N1. The van der Waals surface area contributed by atoms with E-state index in [1.165, 1.54) is 5.56 Å². The molecule has 0 unspecified atom stereocenters. The molecule has 1 heterocycles. The van der Waals surface area contributed by atoms with Gasteiger partial charge in [-0.05, 0) is 35.4 Å². The van der Waals surface area contributed by atoms with E-state index in [4.69, 9.17) is 9.47 Å². The van der Waals surface area contributed by atoms with Crippen molar-refractivity contribution in [2.75, 3.05) is 19.5 Å². The number of benzene rings is 2. The van der Waals surface area contributed by atoms with Crippen molar-refractivity contribution < 1.29 is 9.47 Å². The lowest BCUT2D eigenvalue weighted by Crippen LogP contribution is -1.91. The van der Waals surface area contributed by atoms with E-state index in [-0.39, 0.29) is 0 Å². The summed E-state index contributed by atoms with van der Waals surface area (Å²) >= 11 is 0. The van der Waals surface area contributed by atoms with Crippen LogP contribution >= 0.6 is 0 Å². The van der Waals surface area contributed by atoms with Gasteiger partial charge in [0.25, 0.3) is 0 Å². The largest absolute Gasteiger partial charge is 0.497 e. The van der Waals surface area contributed by atoms with Crippen LogP contribution in [0, 0.1) is 0 Å². The second-order valence-corrected chi connectivity index (χ2v) is 4.84. The first-order chi connectivity index (χ1) is 9.71. The van der Waals surface area contributed by atoms with E-state index >= 15 is 0 Å². The lowest BCUT2D eigenvalue weighted by Gasteiger charge is -2.11. The van der Waals surface area contributed by atoms with E-state index in [2.05, 4.69) is 30.1 Å². The molecule has 0 saturated carbocycles. The standard InChI is InChI=1S/C17H17NO2/c1-11-8-13-9-12(4-7-16(13)18-11)15-6-5-14(19-2)10-17(15)20-3/h4-7,9-10,18H,1,8H2,2-3H3. The first kappa shape index (κ1) is 12.6. The van der Waals surface area contributed by atoms with Crippen molar-refractivity contribution in [2.45, 2.75) is 6.42 Å². The first-order valence-electron chi connectivity index (χ1n) is 6.51. The lowest BCUT2D eigenvalue weighted by molar-refractivity contribution is 0.395. The van der Waals surface area contributed by atoms with Crippen molar-refractivity contribution in [1.29, 1.82) is 0 Å². The Labute approximate surface area is 118 Å². The summed E-state index contributed by atoms with van der Waals surface area (Å²) in [6.07, 6.45) is 0.877. The minimum absolute atomic E-state index is 0.793. The van der Waals surface area contributed by atoms with Crippen LogP contribution in [-0.4, -0.2) is 14.2 Å². The molecule has 102 valence electrons. The zero-order valence-electron chi connectivity index (χ0n) is 11.7. The summed E-state index contributed by atoms with van der Waals surface area (Å²) in [6.45, 7) is 3.98. The molecule has 0 aromatic heterocycles. The number of hydrogen-bond acceptors (Lipinski definition) is 3. The highest BCUT2D eigenvalue weighted by atomic mass is 16.5. The van der Waals surface area contributed by atoms with Crippen molar-refractivity contribution in [3.63, 3.8) is 0 Å². The van der Waals surface area contributed by atoms with E-state index < -0.39 is 0 Å². The number of nitrogens with one attached hydrogen (secondary N) is 1. The fraction of sp³-hybridized carbons (Fsp3) is 0.176. The number of methoxy groups -OCH3 is 2. The Morgan fingerprint density at radius 2 is 1.90 bits per heavy atom. The maximum atomic E-state index is 5.47. The predicted octanol–water partition coefficient (Wildman–Crippen LogP) is 3.85. The molecule has 3 nitrogen and oxygen atoms in total. The second kappa shape index (κ2) is 4.93. The maximum absolute atomic E-state index is 5.47. The third kappa shape index (κ3) is 2.11. The van der Waals surface area contributed by atoms with Crippen LogP contribution in [0.4, 0.5) is 5.69 Å². The summed E-state index contributed by atoms with van der Waals surface area (Å²) in [7, 11) is 3.33. The van der Waals surface area contributed by atoms with Crippen molar-refractivity contribution in [3.05, 3.63) is 54.2 Å². The van der Waals surface area contributed by atoms with Gasteiger partial charge in [0.05, 0.1) is 14.2 Å². The van der Waals surface area contributed by atoms with Crippen molar-refractivity contribution in [2.24, 2.45) is 0 Å². The van der Waals surface area contributed by atoms with Crippen LogP contribution in [-0.2, 0) is 6.42 Å². The highest BCUT2D eigenvalue weighted by molar-refractivity contribution is 5.76. The minimum atomic E-state index is 0.793. The Balaban J connectivity index is 2.05. The molecule has 2 aromatic rings. The van der Waals surface area contributed by atoms with Gasteiger partial charge in [0, 0.05) is 29.4 Å². The van der Waals surface area contributed by atoms with Gasteiger partial charge < -0.3 is 14.8 Å². The average molecular weight is 267 g/mol. The summed E-state index contributed by atoms with van der Waals surface area (Å²) < 4.78 is 10.7. The Bertz CT molecular complexity index is 677. The molecule has 3 rings (SSSR count). The van der Waals surface area contributed by atoms with Crippen molar-refractivity contribution in [1.82, 2.24) is 0 Å². The quantitative estimate of drug-likeness (QED) is 0.916. The van der Waals surface area contributed by atoms with Gasteiger partial charge in [-0.3, -0.25) is 0 Å². The van der Waals surface area contributed by atoms with Gasteiger partial charge in [-0.15, -0.1) is 0 Å². The van der Waals surface area contributed by atoms with Crippen LogP contribution < -0.4 is 14.8 Å². The molecule has 0 aliphatic carbocycles. The normalized spacial score (nSPS) is 12.8. The molecule has 1 N–H and O–H groups in total. The van der Waals surface area contributed by atoms with Crippen molar-refractivity contribution in [3.8, 4) is 22.6 Å². The molecule has 3 heteroatoms. The van der Waals surface area contributed by atoms with E-state index in [0.717, 1.165) is 40.4 Å². The van der Waals surface area contributed by atoms with Crippen LogP contribution in [0.5, 0.6) is 11.5 Å². The number of hydrogen-bond donors (Lipinski definition) is 1. The molecular weight excluding hydrogens is 250 g/mol. The Hall–Kier alpha value is -2.42. The Morgan fingerprint density at radius 1 is 1.05 bits per heavy atom. The molecule has 0 atom stereocenters.